The van der Waals surface area contributed by atoms with Crippen molar-refractivity contribution in [2.24, 2.45) is 0 Å². The zero-order valence-corrected chi connectivity index (χ0v) is 11.7. The number of thiazole rings is 1. The molecule has 2 rings (SSSR count). The summed E-state index contributed by atoms with van der Waals surface area (Å²) >= 11 is 6.69. The number of benzene rings is 1. The first-order valence-electron chi connectivity index (χ1n) is 5.80. The van der Waals surface area contributed by atoms with E-state index in [-0.39, 0.29) is 10.6 Å². The Labute approximate surface area is 122 Å². The maximum Gasteiger partial charge on any atom is 0.419 e. The van der Waals surface area contributed by atoms with Crippen molar-refractivity contribution in [3.63, 3.8) is 0 Å². The second-order valence-corrected chi connectivity index (χ2v) is 5.34. The molecule has 1 heterocycles. The fourth-order valence-corrected chi connectivity index (χ4v) is 2.72. The van der Waals surface area contributed by atoms with Crippen LogP contribution >= 0.6 is 22.9 Å². The van der Waals surface area contributed by atoms with Gasteiger partial charge in [0.15, 0.2) is 0 Å². The highest BCUT2D eigenvalue weighted by Gasteiger charge is 2.35. The Morgan fingerprint density at radius 3 is 2.65 bits per heavy atom. The van der Waals surface area contributed by atoms with Crippen LogP contribution < -0.4 is 0 Å². The van der Waals surface area contributed by atoms with Crippen LogP contribution in [0.25, 0.3) is 10.6 Å². The van der Waals surface area contributed by atoms with Gasteiger partial charge in [0.25, 0.3) is 0 Å². The summed E-state index contributed by atoms with van der Waals surface area (Å²) in [6.45, 7) is 0. The van der Waals surface area contributed by atoms with E-state index in [1.807, 2.05) is 0 Å². The summed E-state index contributed by atoms with van der Waals surface area (Å²) < 4.78 is 51.9. The van der Waals surface area contributed by atoms with Crippen molar-refractivity contribution >= 4 is 22.9 Å². The van der Waals surface area contributed by atoms with Gasteiger partial charge in [-0.05, 0) is 25.0 Å². The normalized spacial score (nSPS) is 11.8. The molecule has 0 radical (unpaired) electrons. The molecular weight excluding hydrogens is 314 g/mol. The van der Waals surface area contributed by atoms with Crippen LogP contribution in [0.3, 0.4) is 0 Å². The summed E-state index contributed by atoms with van der Waals surface area (Å²) in [7, 11) is 0. The molecule has 0 aliphatic heterocycles. The van der Waals surface area contributed by atoms with Crippen molar-refractivity contribution in [3.8, 4) is 10.6 Å². The Bertz CT molecular complexity index is 594. The van der Waals surface area contributed by atoms with E-state index in [9.17, 15) is 17.6 Å². The highest BCUT2D eigenvalue weighted by molar-refractivity contribution is 7.13. The minimum atomic E-state index is -4.71. The van der Waals surface area contributed by atoms with Gasteiger partial charge < -0.3 is 0 Å². The standard InChI is InChI=1S/C13H10ClF4NS/c14-6-2-3-8-7-20-12(19-8)9-4-1-5-10(11(9)15)13(16,17)18/h1,4-5,7H,2-3,6H2. The van der Waals surface area contributed by atoms with Gasteiger partial charge in [0.05, 0.1) is 11.3 Å². The van der Waals surface area contributed by atoms with E-state index in [4.69, 9.17) is 11.6 Å². The summed E-state index contributed by atoms with van der Waals surface area (Å²) in [5, 5.41) is 1.96. The number of aryl methyl sites for hydroxylation is 1. The SMILES string of the molecule is Fc1c(-c2nc(CCCCl)cs2)cccc1C(F)(F)F. The molecule has 0 bridgehead atoms. The van der Waals surface area contributed by atoms with Crippen LogP contribution in [0.2, 0.25) is 0 Å². The van der Waals surface area contributed by atoms with Crippen LogP contribution in [0.5, 0.6) is 0 Å². The summed E-state index contributed by atoms with van der Waals surface area (Å²) in [5.41, 5.74) is -0.683. The van der Waals surface area contributed by atoms with Gasteiger partial charge in [-0.15, -0.1) is 22.9 Å². The smallest absolute Gasteiger partial charge is 0.241 e. The van der Waals surface area contributed by atoms with E-state index >= 15 is 0 Å². The molecule has 1 nitrogen and oxygen atoms in total. The molecule has 0 aliphatic rings. The maximum atomic E-state index is 13.9. The van der Waals surface area contributed by atoms with Crippen LogP contribution in [0.4, 0.5) is 17.6 Å². The molecule has 0 N–H and O–H groups in total. The van der Waals surface area contributed by atoms with Crippen LogP contribution in [0, 0.1) is 5.82 Å². The highest BCUT2D eigenvalue weighted by Crippen LogP contribution is 2.36. The lowest BCUT2D eigenvalue weighted by Gasteiger charge is -2.09. The van der Waals surface area contributed by atoms with Crippen LogP contribution in [-0.2, 0) is 12.6 Å². The Balaban J connectivity index is 2.36. The monoisotopic (exact) mass is 323 g/mol. The minimum Gasteiger partial charge on any atom is -0.241 e. The fraction of sp³-hybridized carbons (Fsp3) is 0.308. The predicted molar refractivity (Wildman–Crippen MR) is 71.6 cm³/mol. The molecule has 0 saturated carbocycles. The number of rotatable bonds is 4. The Morgan fingerprint density at radius 2 is 2.00 bits per heavy atom. The topological polar surface area (TPSA) is 12.9 Å². The van der Waals surface area contributed by atoms with E-state index in [0.717, 1.165) is 23.8 Å². The van der Waals surface area contributed by atoms with Gasteiger partial charge in [-0.1, -0.05) is 6.07 Å². The zero-order valence-electron chi connectivity index (χ0n) is 10.2. The van der Waals surface area contributed by atoms with Gasteiger partial charge in [0.2, 0.25) is 0 Å². The van der Waals surface area contributed by atoms with Gasteiger partial charge in [-0.25, -0.2) is 9.37 Å². The lowest BCUT2D eigenvalue weighted by Crippen LogP contribution is -2.08. The summed E-state index contributed by atoms with van der Waals surface area (Å²) in [6.07, 6.45) is -3.37. The van der Waals surface area contributed by atoms with Gasteiger partial charge in [0.1, 0.15) is 10.8 Å². The van der Waals surface area contributed by atoms with E-state index in [1.54, 1.807) is 5.38 Å². The van der Waals surface area contributed by atoms with Gasteiger partial charge in [-0.3, -0.25) is 0 Å². The quantitative estimate of drug-likeness (QED) is 0.561. The van der Waals surface area contributed by atoms with Crippen LogP contribution in [-0.4, -0.2) is 10.9 Å². The molecule has 2 aromatic rings. The number of hydrogen-bond donors (Lipinski definition) is 0. The van der Waals surface area contributed by atoms with Crippen molar-refractivity contribution in [1.29, 1.82) is 0 Å². The predicted octanol–water partition coefficient (Wildman–Crippen LogP) is 5.14. The molecule has 0 unspecified atom stereocenters. The van der Waals surface area contributed by atoms with Crippen LogP contribution in [0.1, 0.15) is 17.7 Å². The molecular formula is C13H10ClF4NS. The first kappa shape index (κ1) is 15.3. The van der Waals surface area contributed by atoms with E-state index < -0.39 is 17.6 Å². The second kappa shape index (κ2) is 6.10. The number of halogens is 5. The summed E-state index contributed by atoms with van der Waals surface area (Å²) in [5.74, 6) is -0.802. The Kier molecular flexibility index (Phi) is 4.65. The average Bonchev–Trinajstić information content (AvgIpc) is 2.83. The van der Waals surface area contributed by atoms with Crippen molar-refractivity contribution in [2.45, 2.75) is 19.0 Å². The molecule has 0 atom stereocenters. The molecule has 0 saturated heterocycles. The number of alkyl halides is 4. The highest BCUT2D eigenvalue weighted by atomic mass is 35.5. The molecule has 1 aromatic carbocycles. The van der Waals surface area contributed by atoms with Gasteiger partial charge >= 0.3 is 6.18 Å². The third kappa shape index (κ3) is 3.30. The maximum absolute atomic E-state index is 13.9. The fourth-order valence-electron chi connectivity index (χ4n) is 1.71. The first-order valence-corrected chi connectivity index (χ1v) is 7.21. The van der Waals surface area contributed by atoms with Gasteiger partial charge in [0, 0.05) is 16.8 Å². The van der Waals surface area contributed by atoms with Crippen molar-refractivity contribution < 1.29 is 17.6 Å². The molecule has 0 fully saturated rings. The molecule has 108 valence electrons. The second-order valence-electron chi connectivity index (χ2n) is 4.10. The van der Waals surface area contributed by atoms with Crippen LogP contribution in [0.15, 0.2) is 23.6 Å². The molecule has 0 amide bonds. The Morgan fingerprint density at radius 1 is 1.25 bits per heavy atom. The molecule has 7 heteroatoms. The molecule has 20 heavy (non-hydrogen) atoms. The van der Waals surface area contributed by atoms with Gasteiger partial charge in [-0.2, -0.15) is 13.2 Å². The first-order chi connectivity index (χ1) is 9.43. The minimum absolute atomic E-state index is 0.123. The molecule has 1 aromatic heterocycles. The van der Waals surface area contributed by atoms with Crippen molar-refractivity contribution in [2.75, 3.05) is 5.88 Å². The summed E-state index contributed by atoms with van der Waals surface area (Å²) in [4.78, 5) is 4.15. The largest absolute Gasteiger partial charge is 0.419 e. The third-order valence-corrected chi connectivity index (χ3v) is 3.84. The summed E-state index contributed by atoms with van der Waals surface area (Å²) in [6, 6.07) is 3.21. The van der Waals surface area contributed by atoms with Crippen molar-refractivity contribution in [1.82, 2.24) is 4.98 Å². The molecule has 0 spiro atoms. The molecule has 0 aliphatic carbocycles. The zero-order chi connectivity index (χ0) is 14.8. The third-order valence-electron chi connectivity index (χ3n) is 2.65. The van der Waals surface area contributed by atoms with E-state index in [1.165, 1.54) is 12.1 Å². The van der Waals surface area contributed by atoms with Crippen molar-refractivity contribution in [3.05, 3.63) is 40.7 Å². The lowest BCUT2D eigenvalue weighted by molar-refractivity contribution is -0.139. The number of nitrogens with zero attached hydrogens (tertiary/aromatic N) is 1. The van der Waals surface area contributed by atoms with E-state index in [2.05, 4.69) is 4.98 Å². The lowest BCUT2D eigenvalue weighted by atomic mass is 10.1. The Hall–Kier alpha value is -1.14. The van der Waals surface area contributed by atoms with E-state index in [0.29, 0.717) is 18.0 Å². The number of aromatic nitrogens is 1. The average molecular weight is 324 g/mol. The number of hydrogen-bond acceptors (Lipinski definition) is 2.